The van der Waals surface area contributed by atoms with Crippen LogP contribution in [0.5, 0.6) is 5.75 Å². The SMILES string of the molecule is COc1ccccc1NC(=O)c1sc2ncc(C(=O)c3ccccc3)n2c1C. The van der Waals surface area contributed by atoms with Gasteiger partial charge in [-0.1, -0.05) is 53.8 Å². The van der Waals surface area contributed by atoms with Crippen molar-refractivity contribution in [3.05, 3.63) is 82.6 Å². The van der Waals surface area contributed by atoms with Gasteiger partial charge in [0.15, 0.2) is 4.96 Å². The zero-order chi connectivity index (χ0) is 19.7. The number of aryl methyl sites for hydroxylation is 1. The number of hydrogen-bond donors (Lipinski definition) is 1. The molecule has 0 aliphatic rings. The summed E-state index contributed by atoms with van der Waals surface area (Å²) in [7, 11) is 1.55. The van der Waals surface area contributed by atoms with E-state index in [2.05, 4.69) is 10.3 Å². The van der Waals surface area contributed by atoms with E-state index in [9.17, 15) is 9.59 Å². The average Bonchev–Trinajstić information content (AvgIpc) is 3.29. The Labute approximate surface area is 165 Å². The van der Waals surface area contributed by atoms with Crippen molar-refractivity contribution in [3.63, 3.8) is 0 Å². The average molecular weight is 391 g/mol. The predicted molar refractivity (Wildman–Crippen MR) is 109 cm³/mol. The fraction of sp³-hybridized carbons (Fsp3) is 0.0952. The minimum absolute atomic E-state index is 0.134. The second-order valence-electron chi connectivity index (χ2n) is 6.13. The number of nitrogens with zero attached hydrogens (tertiary/aromatic N) is 2. The highest BCUT2D eigenvalue weighted by atomic mass is 32.1. The Bertz CT molecular complexity index is 1180. The number of para-hydroxylation sites is 2. The van der Waals surface area contributed by atoms with E-state index in [1.54, 1.807) is 42.0 Å². The number of thiazole rings is 1. The Morgan fingerprint density at radius 1 is 1.07 bits per heavy atom. The van der Waals surface area contributed by atoms with Crippen molar-refractivity contribution < 1.29 is 14.3 Å². The minimum atomic E-state index is -0.268. The zero-order valence-electron chi connectivity index (χ0n) is 15.3. The third-order valence-electron chi connectivity index (χ3n) is 4.42. The van der Waals surface area contributed by atoms with Crippen molar-refractivity contribution in [2.75, 3.05) is 12.4 Å². The molecule has 140 valence electrons. The van der Waals surface area contributed by atoms with Crippen LogP contribution in [-0.4, -0.2) is 28.2 Å². The predicted octanol–water partition coefficient (Wildman–Crippen LogP) is 4.20. The van der Waals surface area contributed by atoms with Crippen LogP contribution in [0.4, 0.5) is 5.69 Å². The van der Waals surface area contributed by atoms with Gasteiger partial charge in [0.1, 0.15) is 16.3 Å². The largest absolute Gasteiger partial charge is 0.495 e. The van der Waals surface area contributed by atoms with Crippen LogP contribution >= 0.6 is 11.3 Å². The molecule has 2 aromatic heterocycles. The van der Waals surface area contributed by atoms with E-state index in [0.29, 0.717) is 38.2 Å². The first-order valence-electron chi connectivity index (χ1n) is 8.61. The number of nitrogens with one attached hydrogen (secondary N) is 1. The number of carbonyl (C=O) groups excluding carboxylic acids is 2. The number of hydrogen-bond acceptors (Lipinski definition) is 5. The summed E-state index contributed by atoms with van der Waals surface area (Å²) in [5.74, 6) is 0.177. The van der Waals surface area contributed by atoms with Gasteiger partial charge < -0.3 is 10.1 Å². The number of benzene rings is 2. The number of ether oxygens (including phenoxy) is 1. The lowest BCUT2D eigenvalue weighted by molar-refractivity contribution is 0.102. The molecular formula is C21H17N3O3S. The molecule has 0 aliphatic heterocycles. The number of amides is 1. The molecule has 0 saturated heterocycles. The van der Waals surface area contributed by atoms with Gasteiger partial charge in [-0.05, 0) is 19.1 Å². The van der Waals surface area contributed by atoms with Crippen LogP contribution in [0.3, 0.4) is 0 Å². The number of fused-ring (bicyclic) bond motifs is 1. The van der Waals surface area contributed by atoms with Crippen molar-refractivity contribution in [1.29, 1.82) is 0 Å². The number of anilines is 1. The lowest BCUT2D eigenvalue weighted by atomic mass is 10.1. The molecule has 0 atom stereocenters. The fourth-order valence-corrected chi connectivity index (χ4v) is 4.03. The zero-order valence-corrected chi connectivity index (χ0v) is 16.1. The Kier molecular flexibility index (Phi) is 4.67. The van der Waals surface area contributed by atoms with Crippen LogP contribution in [0.25, 0.3) is 4.96 Å². The van der Waals surface area contributed by atoms with E-state index in [1.807, 2.05) is 37.3 Å². The van der Waals surface area contributed by atoms with Gasteiger partial charge in [-0.15, -0.1) is 0 Å². The maximum atomic E-state index is 12.9. The van der Waals surface area contributed by atoms with Crippen molar-refractivity contribution in [2.24, 2.45) is 0 Å². The fourth-order valence-electron chi connectivity index (χ4n) is 3.03. The van der Waals surface area contributed by atoms with E-state index in [-0.39, 0.29) is 11.7 Å². The molecular weight excluding hydrogens is 374 g/mol. The maximum absolute atomic E-state index is 12.9. The number of aromatic nitrogens is 2. The normalized spacial score (nSPS) is 10.8. The highest BCUT2D eigenvalue weighted by Crippen LogP contribution is 2.28. The van der Waals surface area contributed by atoms with E-state index in [4.69, 9.17) is 4.74 Å². The Balaban J connectivity index is 1.70. The minimum Gasteiger partial charge on any atom is -0.495 e. The van der Waals surface area contributed by atoms with E-state index < -0.39 is 0 Å². The van der Waals surface area contributed by atoms with Crippen molar-refractivity contribution in [1.82, 2.24) is 9.38 Å². The quantitative estimate of drug-likeness (QED) is 0.518. The highest BCUT2D eigenvalue weighted by Gasteiger charge is 2.22. The number of rotatable bonds is 5. The number of ketones is 1. The lowest BCUT2D eigenvalue weighted by Crippen LogP contribution is -2.13. The molecule has 4 rings (SSSR count). The molecule has 0 saturated carbocycles. The van der Waals surface area contributed by atoms with Crippen molar-refractivity contribution >= 4 is 33.7 Å². The van der Waals surface area contributed by atoms with E-state index in [1.165, 1.54) is 11.3 Å². The van der Waals surface area contributed by atoms with Crippen LogP contribution in [0, 0.1) is 6.92 Å². The summed E-state index contributed by atoms with van der Waals surface area (Å²) in [5, 5.41) is 2.87. The molecule has 2 aromatic carbocycles. The first-order valence-corrected chi connectivity index (χ1v) is 9.42. The highest BCUT2D eigenvalue weighted by molar-refractivity contribution is 7.19. The van der Waals surface area contributed by atoms with Gasteiger partial charge in [0.2, 0.25) is 5.78 Å². The Morgan fingerprint density at radius 3 is 2.54 bits per heavy atom. The molecule has 0 radical (unpaired) electrons. The first-order chi connectivity index (χ1) is 13.6. The number of methoxy groups -OCH3 is 1. The van der Waals surface area contributed by atoms with Crippen molar-refractivity contribution in [3.8, 4) is 5.75 Å². The van der Waals surface area contributed by atoms with Gasteiger partial charge in [0, 0.05) is 11.3 Å². The molecule has 28 heavy (non-hydrogen) atoms. The van der Waals surface area contributed by atoms with Gasteiger partial charge >= 0.3 is 0 Å². The summed E-state index contributed by atoms with van der Waals surface area (Å²) in [5.41, 5.74) is 2.27. The standard InChI is InChI=1S/C21H17N3O3S/c1-13-19(20(26)23-15-10-6-7-11-17(15)27-2)28-21-22-12-16(24(13)21)18(25)14-8-4-3-5-9-14/h3-12H,1-2H3,(H,23,26). The van der Waals surface area contributed by atoms with Gasteiger partial charge in [-0.2, -0.15) is 0 Å². The first kappa shape index (κ1) is 17.9. The Morgan fingerprint density at radius 2 is 1.79 bits per heavy atom. The van der Waals surface area contributed by atoms with E-state index in [0.717, 1.165) is 0 Å². The van der Waals surface area contributed by atoms with Crippen LogP contribution < -0.4 is 10.1 Å². The molecule has 0 unspecified atom stereocenters. The van der Waals surface area contributed by atoms with Crippen LogP contribution in [0.15, 0.2) is 60.8 Å². The van der Waals surface area contributed by atoms with Crippen LogP contribution in [0.2, 0.25) is 0 Å². The molecule has 1 amide bonds. The third-order valence-corrected chi connectivity index (χ3v) is 5.57. The molecule has 0 fully saturated rings. The summed E-state index contributed by atoms with van der Waals surface area (Å²) < 4.78 is 7.02. The summed E-state index contributed by atoms with van der Waals surface area (Å²) in [6.07, 6.45) is 1.55. The Hall–Kier alpha value is -3.45. The molecule has 4 aromatic rings. The molecule has 6 nitrogen and oxygen atoms in total. The monoisotopic (exact) mass is 391 g/mol. The van der Waals surface area contributed by atoms with Crippen molar-refractivity contribution in [2.45, 2.75) is 6.92 Å². The van der Waals surface area contributed by atoms with E-state index >= 15 is 0 Å². The van der Waals surface area contributed by atoms with Gasteiger partial charge in [0.05, 0.1) is 19.0 Å². The molecule has 0 bridgehead atoms. The summed E-state index contributed by atoms with van der Waals surface area (Å²) in [6, 6.07) is 16.2. The molecule has 7 heteroatoms. The smallest absolute Gasteiger partial charge is 0.267 e. The topological polar surface area (TPSA) is 72.7 Å². The molecule has 2 heterocycles. The van der Waals surface area contributed by atoms with Gasteiger partial charge in [-0.25, -0.2) is 4.98 Å². The molecule has 0 spiro atoms. The maximum Gasteiger partial charge on any atom is 0.267 e. The summed E-state index contributed by atoms with van der Waals surface area (Å²) in [4.78, 5) is 31.1. The van der Waals surface area contributed by atoms with Crippen LogP contribution in [0.1, 0.15) is 31.4 Å². The third kappa shape index (κ3) is 3.05. The summed E-state index contributed by atoms with van der Waals surface area (Å²) in [6.45, 7) is 1.81. The second-order valence-corrected chi connectivity index (χ2v) is 7.11. The van der Waals surface area contributed by atoms with Crippen LogP contribution in [-0.2, 0) is 0 Å². The molecule has 0 aliphatic carbocycles. The lowest BCUT2D eigenvalue weighted by Gasteiger charge is -2.09. The number of carbonyl (C=O) groups is 2. The van der Waals surface area contributed by atoms with Gasteiger partial charge in [-0.3, -0.25) is 14.0 Å². The molecule has 1 N–H and O–H groups in total. The number of imidazole rings is 1. The summed E-state index contributed by atoms with van der Waals surface area (Å²) >= 11 is 1.24. The second kappa shape index (κ2) is 7.28. The van der Waals surface area contributed by atoms with Gasteiger partial charge in [0.25, 0.3) is 5.91 Å².